The van der Waals surface area contributed by atoms with Gasteiger partial charge >= 0.3 is 0 Å². The first kappa shape index (κ1) is 15.3. The van der Waals surface area contributed by atoms with Crippen LogP contribution in [0.3, 0.4) is 0 Å². The maximum Gasteiger partial charge on any atom is 0.276 e. The van der Waals surface area contributed by atoms with Crippen LogP contribution in [0.5, 0.6) is 0 Å². The Bertz CT molecular complexity index is 698. The molecule has 2 atom stereocenters. The van der Waals surface area contributed by atoms with Gasteiger partial charge in [-0.3, -0.25) is 4.79 Å². The van der Waals surface area contributed by atoms with E-state index in [0.717, 1.165) is 24.8 Å². The number of hydrogen-bond acceptors (Lipinski definition) is 4. The SMILES string of the molecule is O=C(c1cn(Cc2ccccc2)nn1)N1CCO[C@H]2CCCC[C@H]21. The zero-order valence-corrected chi connectivity index (χ0v) is 13.7. The lowest BCUT2D eigenvalue weighted by Gasteiger charge is -2.43. The lowest BCUT2D eigenvalue weighted by atomic mass is 9.90. The average Bonchev–Trinajstić information content (AvgIpc) is 3.10. The third kappa shape index (κ3) is 3.06. The second-order valence-electron chi connectivity index (χ2n) is 6.55. The van der Waals surface area contributed by atoms with Crippen molar-refractivity contribution in [2.24, 2.45) is 0 Å². The summed E-state index contributed by atoms with van der Waals surface area (Å²) < 4.78 is 7.57. The molecule has 2 aliphatic rings. The average molecular weight is 326 g/mol. The van der Waals surface area contributed by atoms with E-state index in [4.69, 9.17) is 4.74 Å². The quantitative estimate of drug-likeness (QED) is 0.867. The molecule has 1 amide bonds. The van der Waals surface area contributed by atoms with Gasteiger partial charge in [-0.1, -0.05) is 48.4 Å². The van der Waals surface area contributed by atoms with E-state index >= 15 is 0 Å². The van der Waals surface area contributed by atoms with Crippen molar-refractivity contribution in [1.29, 1.82) is 0 Å². The second kappa shape index (κ2) is 6.73. The van der Waals surface area contributed by atoms with E-state index in [1.54, 1.807) is 10.9 Å². The third-order valence-corrected chi connectivity index (χ3v) is 4.94. The summed E-state index contributed by atoms with van der Waals surface area (Å²) in [4.78, 5) is 14.8. The predicted molar refractivity (Wildman–Crippen MR) is 88.6 cm³/mol. The van der Waals surface area contributed by atoms with Gasteiger partial charge in [0, 0.05) is 6.54 Å². The Morgan fingerprint density at radius 3 is 2.92 bits per heavy atom. The van der Waals surface area contributed by atoms with Gasteiger partial charge in [0.25, 0.3) is 5.91 Å². The van der Waals surface area contributed by atoms with Crippen LogP contribution in [0, 0.1) is 0 Å². The first-order valence-electron chi connectivity index (χ1n) is 8.68. The first-order chi connectivity index (χ1) is 11.8. The fraction of sp³-hybridized carbons (Fsp3) is 0.500. The van der Waals surface area contributed by atoms with Crippen LogP contribution in [0.4, 0.5) is 0 Å². The molecule has 2 fully saturated rings. The standard InChI is InChI=1S/C18H22N4O2/c23-18(22-10-11-24-17-9-5-4-8-16(17)22)15-13-21(20-19-15)12-14-6-2-1-3-7-14/h1-3,6-7,13,16-17H,4-5,8-12H2/t16-,17+/m1/s1. The van der Waals surface area contributed by atoms with Gasteiger partial charge in [-0.2, -0.15) is 0 Å². The van der Waals surface area contributed by atoms with Crippen molar-refractivity contribution in [2.45, 2.75) is 44.4 Å². The fourth-order valence-corrected chi connectivity index (χ4v) is 3.74. The van der Waals surface area contributed by atoms with Crippen molar-refractivity contribution in [3.8, 4) is 0 Å². The van der Waals surface area contributed by atoms with E-state index < -0.39 is 0 Å². The number of nitrogens with zero attached hydrogens (tertiary/aromatic N) is 4. The van der Waals surface area contributed by atoms with Gasteiger partial charge < -0.3 is 9.64 Å². The summed E-state index contributed by atoms with van der Waals surface area (Å²) in [5, 5.41) is 8.23. The number of fused-ring (bicyclic) bond motifs is 1. The molecule has 1 aromatic heterocycles. The van der Waals surface area contributed by atoms with E-state index in [2.05, 4.69) is 10.3 Å². The zero-order valence-electron chi connectivity index (χ0n) is 13.7. The smallest absolute Gasteiger partial charge is 0.276 e. The summed E-state index contributed by atoms with van der Waals surface area (Å²) in [5.74, 6) is -0.0190. The van der Waals surface area contributed by atoms with Gasteiger partial charge in [0.05, 0.1) is 31.5 Å². The molecule has 126 valence electrons. The number of carbonyl (C=O) groups is 1. The molecule has 0 bridgehead atoms. The van der Waals surface area contributed by atoms with E-state index in [9.17, 15) is 4.79 Å². The highest BCUT2D eigenvalue weighted by Crippen LogP contribution is 2.29. The molecule has 1 saturated carbocycles. The summed E-state index contributed by atoms with van der Waals surface area (Å²) in [6.07, 6.45) is 6.37. The molecule has 24 heavy (non-hydrogen) atoms. The van der Waals surface area contributed by atoms with Crippen LogP contribution in [-0.4, -0.2) is 51.1 Å². The minimum Gasteiger partial charge on any atom is -0.374 e. The van der Waals surface area contributed by atoms with E-state index in [1.807, 2.05) is 35.2 Å². The highest BCUT2D eigenvalue weighted by atomic mass is 16.5. The largest absolute Gasteiger partial charge is 0.374 e. The molecule has 1 aliphatic carbocycles. The van der Waals surface area contributed by atoms with E-state index in [0.29, 0.717) is 25.4 Å². The highest BCUT2D eigenvalue weighted by molar-refractivity contribution is 5.92. The summed E-state index contributed by atoms with van der Waals surface area (Å²) in [6, 6.07) is 10.2. The van der Waals surface area contributed by atoms with Crippen molar-refractivity contribution >= 4 is 5.91 Å². The number of aromatic nitrogens is 3. The molecular weight excluding hydrogens is 304 g/mol. The molecular formula is C18H22N4O2. The van der Waals surface area contributed by atoms with E-state index in [1.165, 1.54) is 6.42 Å². The van der Waals surface area contributed by atoms with Gasteiger partial charge in [0.2, 0.25) is 0 Å². The molecule has 2 aromatic rings. The van der Waals surface area contributed by atoms with Crippen LogP contribution in [0.1, 0.15) is 41.7 Å². The molecule has 1 aromatic carbocycles. The van der Waals surface area contributed by atoms with Crippen LogP contribution in [0.15, 0.2) is 36.5 Å². The number of benzene rings is 1. The lowest BCUT2D eigenvalue weighted by molar-refractivity contribution is -0.0754. The van der Waals surface area contributed by atoms with Gasteiger partial charge in [-0.25, -0.2) is 4.68 Å². The summed E-state index contributed by atoms with van der Waals surface area (Å²) in [5.41, 5.74) is 1.57. The Morgan fingerprint density at radius 1 is 1.21 bits per heavy atom. The number of amides is 1. The molecule has 0 radical (unpaired) electrons. The lowest BCUT2D eigenvalue weighted by Crippen LogP contribution is -2.54. The number of carbonyl (C=O) groups excluding carboxylic acids is 1. The summed E-state index contributed by atoms with van der Waals surface area (Å²) >= 11 is 0. The van der Waals surface area contributed by atoms with Crippen molar-refractivity contribution in [3.63, 3.8) is 0 Å². The maximum atomic E-state index is 12.9. The number of rotatable bonds is 3. The Hall–Kier alpha value is -2.21. The minimum atomic E-state index is -0.0190. The number of morpholine rings is 1. The van der Waals surface area contributed by atoms with Crippen LogP contribution in [0.25, 0.3) is 0 Å². The minimum absolute atomic E-state index is 0.0190. The van der Waals surface area contributed by atoms with Crippen molar-refractivity contribution in [1.82, 2.24) is 19.9 Å². The first-order valence-corrected chi connectivity index (χ1v) is 8.68. The van der Waals surface area contributed by atoms with E-state index in [-0.39, 0.29) is 18.1 Å². The summed E-state index contributed by atoms with van der Waals surface area (Å²) in [6.45, 7) is 1.88. The molecule has 0 unspecified atom stereocenters. The zero-order chi connectivity index (χ0) is 16.4. The molecule has 6 nitrogen and oxygen atoms in total. The summed E-state index contributed by atoms with van der Waals surface area (Å²) in [7, 11) is 0. The van der Waals surface area contributed by atoms with Gasteiger partial charge in [-0.15, -0.1) is 5.10 Å². The molecule has 1 aliphatic heterocycles. The van der Waals surface area contributed by atoms with Crippen molar-refractivity contribution < 1.29 is 9.53 Å². The molecule has 6 heteroatoms. The van der Waals surface area contributed by atoms with Gasteiger partial charge in [0.1, 0.15) is 0 Å². The molecule has 2 heterocycles. The topological polar surface area (TPSA) is 60.2 Å². The third-order valence-electron chi connectivity index (χ3n) is 4.94. The number of ether oxygens (including phenoxy) is 1. The Labute approximate surface area is 141 Å². The van der Waals surface area contributed by atoms with Crippen molar-refractivity contribution in [3.05, 3.63) is 47.8 Å². The predicted octanol–water partition coefficient (Wildman–Crippen LogP) is 2.11. The normalized spacial score (nSPS) is 23.8. The number of hydrogen-bond donors (Lipinski definition) is 0. The van der Waals surface area contributed by atoms with Gasteiger partial charge in [-0.05, 0) is 18.4 Å². The molecule has 1 saturated heterocycles. The van der Waals surface area contributed by atoms with Crippen LogP contribution in [0.2, 0.25) is 0 Å². The van der Waals surface area contributed by atoms with Crippen LogP contribution >= 0.6 is 0 Å². The Balaban J connectivity index is 1.48. The second-order valence-corrected chi connectivity index (χ2v) is 6.55. The van der Waals surface area contributed by atoms with Crippen LogP contribution < -0.4 is 0 Å². The highest BCUT2D eigenvalue weighted by Gasteiger charge is 2.37. The Kier molecular flexibility index (Phi) is 4.30. The Morgan fingerprint density at radius 2 is 2.04 bits per heavy atom. The van der Waals surface area contributed by atoms with Crippen molar-refractivity contribution in [2.75, 3.05) is 13.2 Å². The molecule has 0 N–H and O–H groups in total. The maximum absolute atomic E-state index is 12.9. The van der Waals surface area contributed by atoms with Gasteiger partial charge in [0.15, 0.2) is 5.69 Å². The molecule has 4 rings (SSSR count). The fourth-order valence-electron chi connectivity index (χ4n) is 3.74. The monoisotopic (exact) mass is 326 g/mol. The molecule has 0 spiro atoms. The van der Waals surface area contributed by atoms with Crippen LogP contribution in [-0.2, 0) is 11.3 Å².